The third-order valence-corrected chi connectivity index (χ3v) is 5.82. The molecule has 0 radical (unpaired) electrons. The van der Waals surface area contributed by atoms with Crippen molar-refractivity contribution in [3.8, 4) is 0 Å². The van der Waals surface area contributed by atoms with E-state index in [1.54, 1.807) is 7.11 Å². The van der Waals surface area contributed by atoms with Crippen LogP contribution in [0.4, 0.5) is 0 Å². The second kappa shape index (κ2) is 5.91. The summed E-state index contributed by atoms with van der Waals surface area (Å²) in [5.41, 5.74) is 0.746. The third-order valence-electron chi connectivity index (χ3n) is 5.82. The highest BCUT2D eigenvalue weighted by Gasteiger charge is 2.51. The van der Waals surface area contributed by atoms with Crippen LogP contribution in [0.5, 0.6) is 0 Å². The molecule has 126 valence electrons. The van der Waals surface area contributed by atoms with Crippen molar-refractivity contribution >= 4 is 5.91 Å². The van der Waals surface area contributed by atoms with Crippen LogP contribution in [0, 0.1) is 17.3 Å². The number of amides is 1. The Morgan fingerprint density at radius 2 is 2.35 bits per heavy atom. The third kappa shape index (κ3) is 2.90. The van der Waals surface area contributed by atoms with Gasteiger partial charge >= 0.3 is 0 Å². The van der Waals surface area contributed by atoms with E-state index < -0.39 is 0 Å². The van der Waals surface area contributed by atoms with Crippen LogP contribution in [0.2, 0.25) is 0 Å². The summed E-state index contributed by atoms with van der Waals surface area (Å²) < 4.78 is 10.3. The molecule has 1 aromatic heterocycles. The normalized spacial score (nSPS) is 31.3. The zero-order valence-electron chi connectivity index (χ0n) is 13.7. The van der Waals surface area contributed by atoms with Crippen LogP contribution in [-0.2, 0) is 4.74 Å². The van der Waals surface area contributed by atoms with Gasteiger partial charge in [0.05, 0.1) is 18.4 Å². The first kappa shape index (κ1) is 15.1. The minimum absolute atomic E-state index is 0.0416. The number of likely N-dealkylation sites (tertiary alicyclic amines) is 2. The Morgan fingerprint density at radius 1 is 1.48 bits per heavy atom. The highest BCUT2D eigenvalue weighted by atomic mass is 16.5. The van der Waals surface area contributed by atoms with Crippen molar-refractivity contribution in [1.29, 1.82) is 0 Å². The van der Waals surface area contributed by atoms with Crippen LogP contribution in [0.1, 0.15) is 29.6 Å². The number of aromatic nitrogens is 1. The fourth-order valence-electron chi connectivity index (χ4n) is 4.40. The van der Waals surface area contributed by atoms with Crippen LogP contribution in [-0.4, -0.2) is 67.3 Å². The van der Waals surface area contributed by atoms with Crippen LogP contribution >= 0.6 is 0 Å². The van der Waals surface area contributed by atoms with Crippen LogP contribution < -0.4 is 0 Å². The van der Waals surface area contributed by atoms with E-state index in [1.165, 1.54) is 31.8 Å². The molecule has 6 heteroatoms. The number of ether oxygens (including phenoxy) is 1. The van der Waals surface area contributed by atoms with Gasteiger partial charge in [0.1, 0.15) is 6.26 Å². The van der Waals surface area contributed by atoms with Crippen LogP contribution in [0.25, 0.3) is 0 Å². The lowest BCUT2D eigenvalue weighted by Gasteiger charge is -2.30. The Balaban J connectivity index is 1.46. The molecule has 3 heterocycles. The SMILES string of the molecule is COC[C@H]1CN(CC2CC2)C[C@@]12CCN(C(=O)c1cnoc1)C2. The molecule has 1 saturated carbocycles. The summed E-state index contributed by atoms with van der Waals surface area (Å²) in [6.07, 6.45) is 6.79. The number of rotatable bonds is 5. The van der Waals surface area contributed by atoms with Crippen molar-refractivity contribution in [1.82, 2.24) is 15.0 Å². The van der Waals surface area contributed by atoms with Gasteiger partial charge in [0.15, 0.2) is 0 Å². The Labute approximate surface area is 136 Å². The second-order valence-electron chi connectivity index (χ2n) is 7.54. The summed E-state index contributed by atoms with van der Waals surface area (Å²) >= 11 is 0. The first-order valence-electron chi connectivity index (χ1n) is 8.60. The van der Waals surface area contributed by atoms with Gasteiger partial charge in [-0.05, 0) is 25.2 Å². The number of hydrogen-bond acceptors (Lipinski definition) is 5. The van der Waals surface area contributed by atoms with Gasteiger partial charge in [-0.25, -0.2) is 0 Å². The molecule has 0 bridgehead atoms. The molecule has 0 N–H and O–H groups in total. The van der Waals surface area contributed by atoms with Gasteiger partial charge in [0.25, 0.3) is 5.91 Å². The smallest absolute Gasteiger partial charge is 0.258 e. The molecule has 1 amide bonds. The lowest BCUT2D eigenvalue weighted by atomic mass is 9.77. The van der Waals surface area contributed by atoms with Crippen molar-refractivity contribution in [3.63, 3.8) is 0 Å². The summed E-state index contributed by atoms with van der Waals surface area (Å²) in [6.45, 7) is 5.87. The van der Waals surface area contributed by atoms with Crippen LogP contribution in [0.15, 0.2) is 17.0 Å². The fraction of sp³-hybridized carbons (Fsp3) is 0.765. The Morgan fingerprint density at radius 3 is 3.04 bits per heavy atom. The molecule has 3 aliphatic rings. The quantitative estimate of drug-likeness (QED) is 0.823. The first-order valence-corrected chi connectivity index (χ1v) is 8.60. The summed E-state index contributed by atoms with van der Waals surface area (Å²) in [5, 5.41) is 3.65. The van der Waals surface area contributed by atoms with E-state index in [2.05, 4.69) is 10.1 Å². The molecule has 1 aliphatic carbocycles. The first-order chi connectivity index (χ1) is 11.2. The monoisotopic (exact) mass is 319 g/mol. The Bertz CT molecular complexity index is 557. The standard InChI is InChI=1S/C17H25N3O3/c1-22-10-15-8-19(7-13-2-3-13)11-17(15)4-5-20(12-17)16(21)14-6-18-23-9-14/h6,9,13,15H,2-5,7-8,10-12H2,1H3/t15-,17-/m1/s1. The van der Waals surface area contributed by atoms with Crippen molar-refractivity contribution in [3.05, 3.63) is 18.0 Å². The highest BCUT2D eigenvalue weighted by Crippen LogP contribution is 2.45. The van der Waals surface area contributed by atoms with Crippen molar-refractivity contribution in [2.75, 3.05) is 46.4 Å². The molecule has 4 rings (SSSR count). The molecule has 1 spiro atoms. The van der Waals surface area contributed by atoms with Gasteiger partial charge in [-0.3, -0.25) is 4.79 Å². The van der Waals surface area contributed by atoms with E-state index in [9.17, 15) is 4.79 Å². The predicted molar refractivity (Wildman–Crippen MR) is 84.0 cm³/mol. The molecule has 1 aromatic rings. The molecule has 0 aromatic carbocycles. The average molecular weight is 319 g/mol. The summed E-state index contributed by atoms with van der Waals surface area (Å²) in [7, 11) is 1.78. The van der Waals surface area contributed by atoms with Crippen LogP contribution in [0.3, 0.4) is 0 Å². The van der Waals surface area contributed by atoms with Gasteiger partial charge in [-0.15, -0.1) is 0 Å². The predicted octanol–water partition coefficient (Wildman–Crippen LogP) is 1.50. The minimum atomic E-state index is 0.0416. The Hall–Kier alpha value is -1.40. The largest absolute Gasteiger partial charge is 0.384 e. The molecular weight excluding hydrogens is 294 g/mol. The number of carbonyl (C=O) groups is 1. The Kier molecular flexibility index (Phi) is 3.89. The van der Waals surface area contributed by atoms with Gasteiger partial charge in [-0.2, -0.15) is 0 Å². The van der Waals surface area contributed by atoms with E-state index in [0.29, 0.717) is 11.5 Å². The maximum absolute atomic E-state index is 12.6. The maximum atomic E-state index is 12.6. The van der Waals surface area contributed by atoms with Gasteiger partial charge in [0, 0.05) is 51.2 Å². The van der Waals surface area contributed by atoms with Gasteiger partial charge in [-0.1, -0.05) is 5.16 Å². The minimum Gasteiger partial charge on any atom is -0.384 e. The molecule has 3 fully saturated rings. The molecule has 0 unspecified atom stereocenters. The molecule has 2 saturated heterocycles. The molecule has 2 atom stereocenters. The fourth-order valence-corrected chi connectivity index (χ4v) is 4.40. The number of methoxy groups -OCH3 is 1. The lowest BCUT2D eigenvalue weighted by Crippen LogP contribution is -2.38. The summed E-state index contributed by atoms with van der Waals surface area (Å²) in [6, 6.07) is 0. The molecule has 23 heavy (non-hydrogen) atoms. The summed E-state index contributed by atoms with van der Waals surface area (Å²) in [4.78, 5) is 17.1. The van der Waals surface area contributed by atoms with E-state index in [1.807, 2.05) is 4.90 Å². The van der Waals surface area contributed by atoms with E-state index in [4.69, 9.17) is 9.26 Å². The molecule has 6 nitrogen and oxygen atoms in total. The van der Waals surface area contributed by atoms with Gasteiger partial charge in [0.2, 0.25) is 0 Å². The number of nitrogens with zero attached hydrogens (tertiary/aromatic N) is 3. The maximum Gasteiger partial charge on any atom is 0.258 e. The van der Waals surface area contributed by atoms with E-state index in [-0.39, 0.29) is 11.3 Å². The average Bonchev–Trinajstić information content (AvgIpc) is 2.96. The van der Waals surface area contributed by atoms with Gasteiger partial charge < -0.3 is 19.1 Å². The topological polar surface area (TPSA) is 58.8 Å². The zero-order valence-corrected chi connectivity index (χ0v) is 13.7. The van der Waals surface area contributed by atoms with Crippen molar-refractivity contribution < 1.29 is 14.1 Å². The number of hydrogen-bond donors (Lipinski definition) is 0. The lowest BCUT2D eigenvalue weighted by molar-refractivity contribution is 0.0715. The molecule has 2 aliphatic heterocycles. The summed E-state index contributed by atoms with van der Waals surface area (Å²) in [5.74, 6) is 1.47. The van der Waals surface area contributed by atoms with E-state index in [0.717, 1.165) is 45.1 Å². The highest BCUT2D eigenvalue weighted by molar-refractivity contribution is 5.93. The van der Waals surface area contributed by atoms with Crippen molar-refractivity contribution in [2.45, 2.75) is 19.3 Å². The van der Waals surface area contributed by atoms with Crippen molar-refractivity contribution in [2.24, 2.45) is 17.3 Å². The van der Waals surface area contributed by atoms with E-state index >= 15 is 0 Å². The molecular formula is C17H25N3O3. The second-order valence-corrected chi connectivity index (χ2v) is 7.54. The zero-order chi connectivity index (χ0) is 15.9. The number of carbonyl (C=O) groups excluding carboxylic acids is 1.